The van der Waals surface area contributed by atoms with Gasteiger partial charge in [-0.1, -0.05) is 12.1 Å². The molecule has 0 bridgehead atoms. The molecule has 32 heavy (non-hydrogen) atoms. The van der Waals surface area contributed by atoms with Crippen molar-refractivity contribution in [1.82, 2.24) is 25.1 Å². The smallest absolute Gasteiger partial charge is 0.280 e. The number of hydrogen-bond donors (Lipinski definition) is 4. The van der Waals surface area contributed by atoms with Crippen molar-refractivity contribution < 1.29 is 12.8 Å². The third-order valence-electron chi connectivity index (χ3n) is 4.71. The van der Waals surface area contributed by atoms with Crippen LogP contribution >= 0.6 is 0 Å². The van der Waals surface area contributed by atoms with E-state index < -0.39 is 10.0 Å². The predicted molar refractivity (Wildman–Crippen MR) is 118 cm³/mol. The molecular formula is C19H19N9O3S. The van der Waals surface area contributed by atoms with Gasteiger partial charge < -0.3 is 14.7 Å². The van der Waals surface area contributed by atoms with Crippen LogP contribution in [0.3, 0.4) is 0 Å². The third-order valence-corrected chi connectivity index (χ3v) is 5.98. The van der Waals surface area contributed by atoms with Gasteiger partial charge in [0.05, 0.1) is 19.1 Å². The minimum Gasteiger partial charge on any atom is -0.463 e. The lowest BCUT2D eigenvalue weighted by atomic mass is 10.2. The second-order valence-electron chi connectivity index (χ2n) is 7.11. The SMILES string of the molecule is Cn1cnc(S(=O)(=O)Nc2cccc(CN3NNc4c(-c5ccco5)nc(N)nc43)c2)c1. The molecule has 1 aliphatic heterocycles. The number of imidazole rings is 1. The number of anilines is 4. The van der Waals surface area contributed by atoms with Gasteiger partial charge in [-0.3, -0.25) is 15.2 Å². The average Bonchev–Trinajstić information content (AvgIpc) is 3.49. The highest BCUT2D eigenvalue weighted by molar-refractivity contribution is 7.92. The fourth-order valence-corrected chi connectivity index (χ4v) is 4.34. The molecule has 1 aromatic carbocycles. The lowest BCUT2D eigenvalue weighted by Gasteiger charge is -2.17. The van der Waals surface area contributed by atoms with Crippen LogP contribution in [-0.2, 0) is 23.6 Å². The van der Waals surface area contributed by atoms with Crippen LogP contribution in [0, 0.1) is 0 Å². The van der Waals surface area contributed by atoms with E-state index in [1.165, 1.54) is 12.5 Å². The number of benzene rings is 1. The summed E-state index contributed by atoms with van der Waals surface area (Å²) in [4.78, 5) is 12.5. The first-order valence-corrected chi connectivity index (χ1v) is 11.0. The standard InChI is InChI=1S/C19H19N9O3S/c1-27-10-15(21-11-27)32(29,30)25-13-5-2-4-12(8-13)9-28-18-17(24-26-28)16(22-19(20)23-18)14-6-3-7-31-14/h2-8,10-11,24-26H,9H2,1H3,(H2,20,22,23). The molecule has 0 saturated heterocycles. The Morgan fingerprint density at radius 2 is 2.09 bits per heavy atom. The number of nitrogen functional groups attached to an aromatic ring is 1. The lowest BCUT2D eigenvalue weighted by molar-refractivity contribution is 0.580. The first kappa shape index (κ1) is 19.8. The molecule has 1 aliphatic rings. The topological polar surface area (TPSA) is 156 Å². The Balaban J connectivity index is 1.39. The molecule has 0 radical (unpaired) electrons. The Kier molecular flexibility index (Phi) is 4.68. The molecule has 0 fully saturated rings. The van der Waals surface area contributed by atoms with E-state index in [2.05, 4.69) is 30.6 Å². The number of nitrogens with one attached hydrogen (secondary N) is 3. The van der Waals surface area contributed by atoms with E-state index in [9.17, 15) is 8.42 Å². The number of nitrogens with zero attached hydrogens (tertiary/aromatic N) is 5. The van der Waals surface area contributed by atoms with Crippen molar-refractivity contribution in [2.45, 2.75) is 11.6 Å². The molecule has 0 spiro atoms. The summed E-state index contributed by atoms with van der Waals surface area (Å²) in [6, 6.07) is 10.6. The second-order valence-corrected chi connectivity index (χ2v) is 8.74. The van der Waals surface area contributed by atoms with Crippen LogP contribution in [0.25, 0.3) is 11.5 Å². The Hall–Kier alpha value is -4.10. The molecule has 12 nitrogen and oxygen atoms in total. The number of hydrazine groups is 2. The molecular weight excluding hydrogens is 434 g/mol. The van der Waals surface area contributed by atoms with Gasteiger partial charge in [0, 0.05) is 18.9 Å². The third kappa shape index (κ3) is 3.70. The zero-order valence-corrected chi connectivity index (χ0v) is 17.7. The number of furan rings is 1. The van der Waals surface area contributed by atoms with Gasteiger partial charge in [-0.05, 0) is 29.8 Å². The largest absolute Gasteiger partial charge is 0.463 e. The highest BCUT2D eigenvalue weighted by atomic mass is 32.2. The summed E-state index contributed by atoms with van der Waals surface area (Å²) >= 11 is 0. The Labute approximate surface area is 183 Å². The molecule has 5 rings (SSSR count). The highest BCUT2D eigenvalue weighted by Crippen LogP contribution is 2.37. The molecule has 13 heteroatoms. The van der Waals surface area contributed by atoms with Gasteiger partial charge in [0.2, 0.25) is 5.95 Å². The number of nitrogens with two attached hydrogens (primary N) is 1. The highest BCUT2D eigenvalue weighted by Gasteiger charge is 2.27. The molecule has 0 aliphatic carbocycles. The van der Waals surface area contributed by atoms with Crippen LogP contribution in [0.5, 0.6) is 0 Å². The molecule has 0 unspecified atom stereocenters. The molecule has 164 valence electrons. The predicted octanol–water partition coefficient (Wildman–Crippen LogP) is 1.70. The van der Waals surface area contributed by atoms with Crippen molar-refractivity contribution in [2.75, 3.05) is 20.9 Å². The van der Waals surface area contributed by atoms with Crippen LogP contribution in [0.1, 0.15) is 5.56 Å². The van der Waals surface area contributed by atoms with Crippen molar-refractivity contribution in [3.8, 4) is 11.5 Å². The fourth-order valence-electron chi connectivity index (χ4n) is 3.31. The average molecular weight is 453 g/mol. The zero-order chi connectivity index (χ0) is 22.3. The van der Waals surface area contributed by atoms with E-state index in [-0.39, 0.29) is 11.0 Å². The van der Waals surface area contributed by atoms with Crippen molar-refractivity contribution in [2.24, 2.45) is 7.05 Å². The van der Waals surface area contributed by atoms with Gasteiger partial charge in [0.15, 0.2) is 16.6 Å². The zero-order valence-electron chi connectivity index (χ0n) is 16.8. The summed E-state index contributed by atoms with van der Waals surface area (Å²) in [6.07, 6.45) is 4.42. The van der Waals surface area contributed by atoms with Crippen molar-refractivity contribution in [1.29, 1.82) is 0 Å². The minimum absolute atomic E-state index is 0.0534. The summed E-state index contributed by atoms with van der Waals surface area (Å²) in [5.41, 5.74) is 14.4. The van der Waals surface area contributed by atoms with Gasteiger partial charge in [-0.15, -0.1) is 5.53 Å². The van der Waals surface area contributed by atoms with E-state index >= 15 is 0 Å². The van der Waals surface area contributed by atoms with Crippen molar-refractivity contribution >= 4 is 33.2 Å². The summed E-state index contributed by atoms with van der Waals surface area (Å²) in [5, 5.41) is 1.69. The molecule has 5 N–H and O–H groups in total. The summed E-state index contributed by atoms with van der Waals surface area (Å²) < 4.78 is 34.7. The molecule has 0 saturated carbocycles. The Morgan fingerprint density at radius 1 is 1.22 bits per heavy atom. The van der Waals surface area contributed by atoms with Crippen LogP contribution in [0.2, 0.25) is 0 Å². The van der Waals surface area contributed by atoms with Gasteiger partial charge in [-0.2, -0.15) is 13.4 Å². The maximum Gasteiger partial charge on any atom is 0.280 e. The molecule has 0 atom stereocenters. The van der Waals surface area contributed by atoms with Gasteiger partial charge in [-0.25, -0.2) is 9.97 Å². The minimum atomic E-state index is -3.79. The van der Waals surface area contributed by atoms with Crippen LogP contribution in [-0.4, -0.2) is 27.9 Å². The number of rotatable bonds is 6. The van der Waals surface area contributed by atoms with Gasteiger partial charge in [0.25, 0.3) is 10.0 Å². The van der Waals surface area contributed by atoms with Gasteiger partial charge >= 0.3 is 0 Å². The normalized spacial score (nSPS) is 13.1. The Morgan fingerprint density at radius 3 is 2.84 bits per heavy atom. The number of aromatic nitrogens is 4. The Bertz CT molecular complexity index is 1380. The number of fused-ring (bicyclic) bond motifs is 1. The van der Waals surface area contributed by atoms with Crippen LogP contribution in [0.4, 0.5) is 23.1 Å². The maximum absolute atomic E-state index is 12.6. The van der Waals surface area contributed by atoms with Crippen LogP contribution < -0.4 is 26.4 Å². The number of hydrogen-bond acceptors (Lipinski definition) is 10. The summed E-state index contributed by atoms with van der Waals surface area (Å²) in [6.45, 7) is 0.368. The van der Waals surface area contributed by atoms with E-state index in [4.69, 9.17) is 10.2 Å². The summed E-state index contributed by atoms with van der Waals surface area (Å²) in [5.74, 6) is 1.20. The van der Waals surface area contributed by atoms with E-state index in [0.29, 0.717) is 35.2 Å². The number of aryl methyl sites for hydroxylation is 1. The van der Waals surface area contributed by atoms with Gasteiger partial charge in [0.1, 0.15) is 11.4 Å². The quantitative estimate of drug-likeness (QED) is 0.339. The van der Waals surface area contributed by atoms with Crippen molar-refractivity contribution in [3.63, 3.8) is 0 Å². The maximum atomic E-state index is 12.6. The fraction of sp³-hybridized carbons (Fsp3) is 0.105. The molecule has 3 aromatic heterocycles. The summed E-state index contributed by atoms with van der Waals surface area (Å²) in [7, 11) is -2.09. The molecule has 0 amide bonds. The van der Waals surface area contributed by atoms with Crippen LogP contribution in [0.15, 0.2) is 64.6 Å². The second kappa shape index (κ2) is 7.55. The van der Waals surface area contributed by atoms with E-state index in [1.807, 2.05) is 6.07 Å². The molecule has 4 heterocycles. The first-order chi connectivity index (χ1) is 15.4. The lowest BCUT2D eigenvalue weighted by Crippen LogP contribution is -2.35. The van der Waals surface area contributed by atoms with E-state index in [1.54, 1.807) is 53.2 Å². The number of sulfonamides is 1. The molecule has 4 aromatic rings. The van der Waals surface area contributed by atoms with Crippen molar-refractivity contribution in [3.05, 3.63) is 60.7 Å². The first-order valence-electron chi connectivity index (χ1n) is 9.49. The monoisotopic (exact) mass is 453 g/mol. The van der Waals surface area contributed by atoms with E-state index in [0.717, 1.165) is 5.56 Å².